The van der Waals surface area contributed by atoms with Crippen molar-refractivity contribution in [1.29, 1.82) is 0 Å². The first-order chi connectivity index (χ1) is 12.2. The van der Waals surface area contributed by atoms with Gasteiger partial charge >= 0.3 is 0 Å². The third kappa shape index (κ3) is 3.99. The molecule has 1 saturated heterocycles. The molecule has 136 valence electrons. The number of rotatable bonds is 7. The van der Waals surface area contributed by atoms with Gasteiger partial charge in [0.05, 0.1) is 5.75 Å². The minimum absolute atomic E-state index is 0.531. The van der Waals surface area contributed by atoms with E-state index in [9.17, 15) is 0 Å². The van der Waals surface area contributed by atoms with Crippen LogP contribution in [0.25, 0.3) is 0 Å². The standard InChI is InChI=1S/C17H26N6OS/c1-12(2)10-14-18-15(24-21-14)11-25-17-20-19-16(23(17)13-6-7-13)22-8-4-3-5-9-22/h12-13H,3-11H2,1-2H3. The molecule has 2 aromatic heterocycles. The van der Waals surface area contributed by atoms with Crippen molar-refractivity contribution in [2.75, 3.05) is 18.0 Å². The molecule has 3 heterocycles. The Kier molecular flexibility index (Phi) is 4.96. The second-order valence-corrected chi connectivity index (χ2v) is 8.36. The zero-order valence-electron chi connectivity index (χ0n) is 15.0. The van der Waals surface area contributed by atoms with Gasteiger partial charge in [0.2, 0.25) is 11.8 Å². The van der Waals surface area contributed by atoms with Crippen molar-refractivity contribution in [3.63, 3.8) is 0 Å². The van der Waals surface area contributed by atoms with Crippen molar-refractivity contribution in [3.05, 3.63) is 11.7 Å². The lowest BCUT2D eigenvalue weighted by atomic mass is 10.1. The Balaban J connectivity index is 1.45. The highest BCUT2D eigenvalue weighted by atomic mass is 32.2. The predicted octanol–water partition coefficient (Wildman–Crippen LogP) is 3.48. The molecule has 7 nitrogen and oxygen atoms in total. The number of piperidine rings is 1. The fourth-order valence-corrected chi connectivity index (χ4v) is 4.09. The molecule has 1 aliphatic carbocycles. The number of aromatic nitrogens is 5. The van der Waals surface area contributed by atoms with E-state index in [0.29, 0.717) is 23.6 Å². The predicted molar refractivity (Wildman–Crippen MR) is 96.8 cm³/mol. The normalized spacial score (nSPS) is 18.3. The van der Waals surface area contributed by atoms with E-state index < -0.39 is 0 Å². The summed E-state index contributed by atoms with van der Waals surface area (Å²) in [6, 6.07) is 0.564. The second kappa shape index (κ2) is 7.35. The van der Waals surface area contributed by atoms with Gasteiger partial charge in [-0.15, -0.1) is 10.2 Å². The van der Waals surface area contributed by atoms with Gasteiger partial charge in [-0.25, -0.2) is 0 Å². The van der Waals surface area contributed by atoms with Gasteiger partial charge in [0.25, 0.3) is 0 Å². The SMILES string of the molecule is CC(C)Cc1noc(CSc2nnc(N3CCCCC3)n2C2CC2)n1. The highest BCUT2D eigenvalue weighted by Gasteiger charge is 2.32. The molecule has 2 aromatic rings. The first-order valence-corrected chi connectivity index (χ1v) is 10.3. The van der Waals surface area contributed by atoms with Crippen molar-refractivity contribution >= 4 is 17.7 Å². The molecule has 0 aromatic carbocycles. The summed E-state index contributed by atoms with van der Waals surface area (Å²) in [5.41, 5.74) is 0. The van der Waals surface area contributed by atoms with Crippen molar-refractivity contribution < 1.29 is 4.52 Å². The van der Waals surface area contributed by atoms with Crippen LogP contribution >= 0.6 is 11.8 Å². The molecule has 2 aliphatic rings. The number of anilines is 1. The molecule has 1 aliphatic heterocycles. The third-order valence-electron chi connectivity index (χ3n) is 4.62. The molecule has 0 bridgehead atoms. The van der Waals surface area contributed by atoms with E-state index in [1.165, 1.54) is 32.1 Å². The van der Waals surface area contributed by atoms with E-state index in [4.69, 9.17) is 4.52 Å². The van der Waals surface area contributed by atoms with E-state index >= 15 is 0 Å². The van der Waals surface area contributed by atoms with Crippen molar-refractivity contribution in [3.8, 4) is 0 Å². The molecule has 4 rings (SSSR count). The van der Waals surface area contributed by atoms with Crippen molar-refractivity contribution in [2.45, 2.75) is 69.3 Å². The van der Waals surface area contributed by atoms with Crippen molar-refractivity contribution in [2.24, 2.45) is 5.92 Å². The molecule has 2 fully saturated rings. The molecule has 1 saturated carbocycles. The topological polar surface area (TPSA) is 72.9 Å². The Morgan fingerprint density at radius 3 is 2.68 bits per heavy atom. The summed E-state index contributed by atoms with van der Waals surface area (Å²) in [7, 11) is 0. The number of hydrogen-bond acceptors (Lipinski definition) is 7. The van der Waals surface area contributed by atoms with Gasteiger partial charge in [0.1, 0.15) is 0 Å². The smallest absolute Gasteiger partial charge is 0.237 e. The molecule has 0 N–H and O–H groups in total. The zero-order chi connectivity index (χ0) is 17.2. The van der Waals surface area contributed by atoms with Gasteiger partial charge in [-0.3, -0.25) is 4.57 Å². The third-order valence-corrected chi connectivity index (χ3v) is 5.55. The van der Waals surface area contributed by atoms with Gasteiger partial charge in [-0.1, -0.05) is 30.8 Å². The molecular formula is C17H26N6OS. The van der Waals surface area contributed by atoms with Gasteiger partial charge in [0.15, 0.2) is 11.0 Å². The second-order valence-electron chi connectivity index (χ2n) is 7.42. The van der Waals surface area contributed by atoms with Crippen LogP contribution in [0.5, 0.6) is 0 Å². The summed E-state index contributed by atoms with van der Waals surface area (Å²) in [5.74, 6) is 3.70. The van der Waals surface area contributed by atoms with Gasteiger partial charge < -0.3 is 9.42 Å². The average Bonchev–Trinajstić information content (AvgIpc) is 3.20. The molecule has 0 radical (unpaired) electrons. The Morgan fingerprint density at radius 1 is 1.16 bits per heavy atom. The van der Waals surface area contributed by atoms with Crippen LogP contribution in [-0.2, 0) is 12.2 Å². The fourth-order valence-electron chi connectivity index (χ4n) is 3.25. The summed E-state index contributed by atoms with van der Waals surface area (Å²) in [6.07, 6.45) is 7.13. The molecule has 0 spiro atoms. The number of nitrogens with zero attached hydrogens (tertiary/aromatic N) is 6. The maximum atomic E-state index is 5.38. The van der Waals surface area contributed by atoms with Crippen LogP contribution in [0.4, 0.5) is 5.95 Å². The molecule has 0 amide bonds. The van der Waals surface area contributed by atoms with Crippen LogP contribution in [0.2, 0.25) is 0 Å². The van der Waals surface area contributed by atoms with E-state index in [-0.39, 0.29) is 0 Å². The zero-order valence-corrected chi connectivity index (χ0v) is 15.8. The Morgan fingerprint density at radius 2 is 1.96 bits per heavy atom. The lowest BCUT2D eigenvalue weighted by Gasteiger charge is -2.27. The lowest BCUT2D eigenvalue weighted by Crippen LogP contribution is -2.31. The van der Waals surface area contributed by atoms with E-state index in [1.807, 2.05) is 0 Å². The van der Waals surface area contributed by atoms with Crippen LogP contribution in [0.3, 0.4) is 0 Å². The number of thioether (sulfide) groups is 1. The first kappa shape index (κ1) is 16.9. The summed E-state index contributed by atoms with van der Waals surface area (Å²) < 4.78 is 7.71. The molecule has 0 atom stereocenters. The van der Waals surface area contributed by atoms with Crippen LogP contribution in [0.15, 0.2) is 9.68 Å². The summed E-state index contributed by atoms with van der Waals surface area (Å²) in [4.78, 5) is 6.88. The van der Waals surface area contributed by atoms with E-state index in [2.05, 4.69) is 43.7 Å². The summed E-state index contributed by atoms with van der Waals surface area (Å²) in [6.45, 7) is 6.51. The van der Waals surface area contributed by atoms with Crippen LogP contribution in [0, 0.1) is 5.92 Å². The number of hydrogen-bond donors (Lipinski definition) is 0. The van der Waals surface area contributed by atoms with Gasteiger partial charge in [-0.2, -0.15) is 4.98 Å². The monoisotopic (exact) mass is 362 g/mol. The lowest BCUT2D eigenvalue weighted by molar-refractivity contribution is 0.382. The highest BCUT2D eigenvalue weighted by Crippen LogP contribution is 2.41. The Bertz CT molecular complexity index is 702. The quantitative estimate of drug-likeness (QED) is 0.698. The molecule has 25 heavy (non-hydrogen) atoms. The van der Waals surface area contributed by atoms with Crippen LogP contribution in [-0.4, -0.2) is 38.0 Å². The van der Waals surface area contributed by atoms with Crippen molar-refractivity contribution in [1.82, 2.24) is 24.9 Å². The first-order valence-electron chi connectivity index (χ1n) is 9.35. The van der Waals surface area contributed by atoms with Crippen LogP contribution in [0.1, 0.15) is 63.7 Å². The average molecular weight is 363 g/mol. The van der Waals surface area contributed by atoms with Gasteiger partial charge in [-0.05, 0) is 38.0 Å². The van der Waals surface area contributed by atoms with E-state index in [1.54, 1.807) is 11.8 Å². The maximum Gasteiger partial charge on any atom is 0.237 e. The fraction of sp³-hybridized carbons (Fsp3) is 0.765. The maximum absolute atomic E-state index is 5.38. The largest absolute Gasteiger partial charge is 0.341 e. The van der Waals surface area contributed by atoms with E-state index in [0.717, 1.165) is 36.4 Å². The molecule has 0 unspecified atom stereocenters. The van der Waals surface area contributed by atoms with Crippen LogP contribution < -0.4 is 4.90 Å². The minimum atomic E-state index is 0.531. The summed E-state index contributed by atoms with van der Waals surface area (Å²) >= 11 is 1.65. The van der Waals surface area contributed by atoms with Gasteiger partial charge in [0, 0.05) is 25.6 Å². The molecule has 8 heteroatoms. The Labute approximate surface area is 152 Å². The molecular weight excluding hydrogens is 336 g/mol. The Hall–Kier alpha value is -1.57. The minimum Gasteiger partial charge on any atom is -0.341 e. The summed E-state index contributed by atoms with van der Waals surface area (Å²) in [5, 5.41) is 14.0. The highest BCUT2D eigenvalue weighted by molar-refractivity contribution is 7.98.